The zero-order chi connectivity index (χ0) is 22.9. The third-order valence-electron chi connectivity index (χ3n) is 5.92. The molecule has 5 rings (SSSR count). The molecule has 172 valence electrons. The van der Waals surface area contributed by atoms with Gasteiger partial charge < -0.3 is 14.8 Å². The summed E-state index contributed by atoms with van der Waals surface area (Å²) in [6.07, 6.45) is 6.47. The van der Waals surface area contributed by atoms with Crippen LogP contribution in [0.3, 0.4) is 0 Å². The van der Waals surface area contributed by atoms with Crippen LogP contribution in [0.4, 0.5) is 15.6 Å². The van der Waals surface area contributed by atoms with Gasteiger partial charge in [0.25, 0.3) is 0 Å². The number of nitrogens with one attached hydrogen (secondary N) is 1. The van der Waals surface area contributed by atoms with Crippen LogP contribution in [-0.4, -0.2) is 40.7 Å². The van der Waals surface area contributed by atoms with Crippen LogP contribution in [0.15, 0.2) is 30.5 Å². The first kappa shape index (κ1) is 21.6. The SMILES string of the molecule is CC(=O)Nc1nc2ccc(-c3cnc4c(c3)N(C(=O)OC3CCCCC3)C[C@@H](C)O4)cc2s1. The number of aromatic nitrogens is 2. The Balaban J connectivity index is 1.44. The average molecular weight is 467 g/mol. The van der Waals surface area contributed by atoms with Gasteiger partial charge in [0.2, 0.25) is 11.8 Å². The third-order valence-corrected chi connectivity index (χ3v) is 6.85. The molecule has 3 aromatic rings. The highest BCUT2D eigenvalue weighted by Gasteiger charge is 2.32. The number of hydrogen-bond acceptors (Lipinski definition) is 7. The maximum Gasteiger partial charge on any atom is 0.414 e. The summed E-state index contributed by atoms with van der Waals surface area (Å²) in [6, 6.07) is 7.81. The van der Waals surface area contributed by atoms with Crippen molar-refractivity contribution in [3.8, 4) is 17.0 Å². The molecule has 8 nitrogen and oxygen atoms in total. The number of anilines is 2. The number of thiazole rings is 1. The summed E-state index contributed by atoms with van der Waals surface area (Å²) in [5.41, 5.74) is 3.23. The highest BCUT2D eigenvalue weighted by molar-refractivity contribution is 7.22. The molecule has 9 heteroatoms. The van der Waals surface area contributed by atoms with E-state index >= 15 is 0 Å². The van der Waals surface area contributed by atoms with E-state index in [1.165, 1.54) is 24.7 Å². The summed E-state index contributed by atoms with van der Waals surface area (Å²) < 4.78 is 12.7. The molecule has 0 unspecified atom stereocenters. The van der Waals surface area contributed by atoms with E-state index in [1.807, 2.05) is 31.2 Å². The van der Waals surface area contributed by atoms with Crippen LogP contribution in [-0.2, 0) is 9.53 Å². The van der Waals surface area contributed by atoms with Crippen LogP contribution in [0.2, 0.25) is 0 Å². The third kappa shape index (κ3) is 4.64. The number of rotatable bonds is 3. The fraction of sp³-hybridized carbons (Fsp3) is 0.417. The predicted molar refractivity (Wildman–Crippen MR) is 128 cm³/mol. The van der Waals surface area contributed by atoms with Gasteiger partial charge in [0, 0.05) is 18.7 Å². The Morgan fingerprint density at radius 3 is 2.79 bits per heavy atom. The van der Waals surface area contributed by atoms with Gasteiger partial charge in [0.1, 0.15) is 17.9 Å². The molecule has 2 amide bonds. The van der Waals surface area contributed by atoms with E-state index in [4.69, 9.17) is 9.47 Å². The fourth-order valence-electron chi connectivity index (χ4n) is 4.34. The molecule has 3 heterocycles. The number of ether oxygens (including phenoxy) is 2. The Hall–Kier alpha value is -3.20. The minimum Gasteiger partial charge on any atom is -0.471 e. The van der Waals surface area contributed by atoms with Gasteiger partial charge >= 0.3 is 6.09 Å². The second-order valence-electron chi connectivity index (χ2n) is 8.61. The molecule has 0 bridgehead atoms. The summed E-state index contributed by atoms with van der Waals surface area (Å²) in [5, 5.41) is 3.30. The van der Waals surface area contributed by atoms with Crippen molar-refractivity contribution in [2.45, 2.75) is 58.2 Å². The first-order chi connectivity index (χ1) is 16.0. The molecule has 1 aliphatic carbocycles. The van der Waals surface area contributed by atoms with Gasteiger partial charge in [-0.05, 0) is 56.4 Å². The van der Waals surface area contributed by atoms with Gasteiger partial charge in [0.05, 0.1) is 16.8 Å². The highest BCUT2D eigenvalue weighted by Crippen LogP contribution is 2.37. The topological polar surface area (TPSA) is 93.7 Å². The van der Waals surface area contributed by atoms with E-state index in [9.17, 15) is 9.59 Å². The minimum atomic E-state index is -0.338. The smallest absolute Gasteiger partial charge is 0.414 e. The van der Waals surface area contributed by atoms with E-state index in [2.05, 4.69) is 15.3 Å². The standard InChI is InChI=1S/C24H26N4O4S/c1-14-13-28(24(30)32-18-6-4-3-5-7-18)20-10-17(12-25-22(20)31-14)16-8-9-19-21(11-16)33-23(27-19)26-15(2)29/h8-12,14,18H,3-7,13H2,1-2H3,(H,26,27,29)/t14-/m1/s1. The van der Waals surface area contributed by atoms with Gasteiger partial charge in [-0.25, -0.2) is 14.8 Å². The maximum atomic E-state index is 13.1. The first-order valence-corrected chi connectivity index (χ1v) is 12.1. The Bertz CT molecular complexity index is 1200. The Morgan fingerprint density at radius 1 is 1.18 bits per heavy atom. The van der Waals surface area contributed by atoms with Crippen LogP contribution in [0, 0.1) is 0 Å². The number of pyridine rings is 1. The quantitative estimate of drug-likeness (QED) is 0.557. The Labute approximate surface area is 195 Å². The summed E-state index contributed by atoms with van der Waals surface area (Å²) in [5.74, 6) is 0.285. The van der Waals surface area contributed by atoms with Crippen molar-refractivity contribution in [2.75, 3.05) is 16.8 Å². The van der Waals surface area contributed by atoms with Crippen LogP contribution >= 0.6 is 11.3 Å². The zero-order valence-corrected chi connectivity index (χ0v) is 19.5. The van der Waals surface area contributed by atoms with Gasteiger partial charge in [-0.2, -0.15) is 0 Å². The summed E-state index contributed by atoms with van der Waals surface area (Å²) in [4.78, 5) is 35.0. The number of benzene rings is 1. The molecule has 1 aliphatic heterocycles. The van der Waals surface area contributed by atoms with E-state index in [0.29, 0.717) is 23.2 Å². The molecule has 1 N–H and O–H groups in total. The molecule has 1 fully saturated rings. The van der Waals surface area contributed by atoms with Gasteiger partial charge in [-0.15, -0.1) is 0 Å². The Kier molecular flexibility index (Phi) is 5.88. The van der Waals surface area contributed by atoms with Crippen molar-refractivity contribution in [2.24, 2.45) is 0 Å². The van der Waals surface area contributed by atoms with E-state index in [0.717, 1.165) is 47.0 Å². The highest BCUT2D eigenvalue weighted by atomic mass is 32.1. The van der Waals surface area contributed by atoms with Crippen molar-refractivity contribution >= 4 is 44.4 Å². The normalized spacial score (nSPS) is 18.5. The van der Waals surface area contributed by atoms with Crippen LogP contribution in [0.5, 0.6) is 5.88 Å². The van der Waals surface area contributed by atoms with Gasteiger partial charge in [-0.1, -0.05) is 23.8 Å². The van der Waals surface area contributed by atoms with E-state index < -0.39 is 0 Å². The maximum absolute atomic E-state index is 13.1. The molecule has 2 aliphatic rings. The van der Waals surface area contributed by atoms with Crippen molar-refractivity contribution < 1.29 is 19.1 Å². The molecular weight excluding hydrogens is 440 g/mol. The molecule has 0 radical (unpaired) electrons. The lowest BCUT2D eigenvalue weighted by Crippen LogP contribution is -2.44. The molecule has 33 heavy (non-hydrogen) atoms. The number of hydrogen-bond donors (Lipinski definition) is 1. The lowest BCUT2D eigenvalue weighted by Gasteiger charge is -2.33. The number of carbonyl (C=O) groups excluding carboxylic acids is 2. The molecule has 0 spiro atoms. The number of fused-ring (bicyclic) bond motifs is 2. The first-order valence-electron chi connectivity index (χ1n) is 11.3. The largest absolute Gasteiger partial charge is 0.471 e. The second-order valence-corrected chi connectivity index (χ2v) is 9.64. The molecule has 1 saturated carbocycles. The molecule has 1 atom stereocenters. The predicted octanol–water partition coefficient (Wildman–Crippen LogP) is 5.37. The number of nitrogens with zero attached hydrogens (tertiary/aromatic N) is 3. The molecule has 1 aromatic carbocycles. The van der Waals surface area contributed by atoms with Gasteiger partial charge in [0.15, 0.2) is 5.13 Å². The van der Waals surface area contributed by atoms with Crippen LogP contribution in [0.25, 0.3) is 21.3 Å². The second kappa shape index (κ2) is 8.97. The monoisotopic (exact) mass is 466 g/mol. The fourth-order valence-corrected chi connectivity index (χ4v) is 5.29. The van der Waals surface area contributed by atoms with Crippen molar-refractivity contribution in [1.82, 2.24) is 9.97 Å². The molecule has 0 saturated heterocycles. The average Bonchev–Trinajstić information content (AvgIpc) is 3.19. The van der Waals surface area contributed by atoms with E-state index in [-0.39, 0.29) is 24.2 Å². The van der Waals surface area contributed by atoms with E-state index in [1.54, 1.807) is 11.1 Å². The zero-order valence-electron chi connectivity index (χ0n) is 18.7. The van der Waals surface area contributed by atoms with Crippen LogP contribution < -0.4 is 15.0 Å². The van der Waals surface area contributed by atoms with Crippen LogP contribution in [0.1, 0.15) is 46.0 Å². The summed E-state index contributed by atoms with van der Waals surface area (Å²) >= 11 is 1.42. The molecular formula is C24H26N4O4S. The Morgan fingerprint density at radius 2 is 2.00 bits per heavy atom. The lowest BCUT2D eigenvalue weighted by atomic mass is 9.98. The van der Waals surface area contributed by atoms with Gasteiger partial charge in [-0.3, -0.25) is 9.69 Å². The number of carbonyl (C=O) groups is 2. The summed E-state index contributed by atoms with van der Waals surface area (Å²) in [7, 11) is 0. The van der Waals surface area contributed by atoms with Crippen molar-refractivity contribution in [1.29, 1.82) is 0 Å². The van der Waals surface area contributed by atoms with Crippen molar-refractivity contribution in [3.63, 3.8) is 0 Å². The van der Waals surface area contributed by atoms with Crippen molar-refractivity contribution in [3.05, 3.63) is 30.5 Å². The lowest BCUT2D eigenvalue weighted by molar-refractivity contribution is -0.114. The minimum absolute atomic E-state index is 0.0180. The summed E-state index contributed by atoms with van der Waals surface area (Å²) in [6.45, 7) is 3.80. The molecule has 2 aromatic heterocycles. The number of amides is 2.